The fourth-order valence-corrected chi connectivity index (χ4v) is 1.72. The van der Waals surface area contributed by atoms with Crippen molar-refractivity contribution in [3.8, 4) is 5.75 Å². The molecule has 1 atom stereocenters. The van der Waals surface area contributed by atoms with Crippen LogP contribution in [-0.2, 0) is 4.74 Å². The predicted octanol–water partition coefficient (Wildman–Crippen LogP) is 2.34. The zero-order valence-corrected chi connectivity index (χ0v) is 12.9. The van der Waals surface area contributed by atoms with Gasteiger partial charge in [0.2, 0.25) is 0 Å². The molecule has 0 fully saturated rings. The van der Waals surface area contributed by atoms with Gasteiger partial charge in [0, 0.05) is 24.7 Å². The highest BCUT2D eigenvalue weighted by atomic mass is 35.5. The van der Waals surface area contributed by atoms with Crippen LogP contribution in [0.4, 0.5) is 0 Å². The Morgan fingerprint density at radius 3 is 2.80 bits per heavy atom. The molecule has 0 aliphatic carbocycles. The summed E-state index contributed by atoms with van der Waals surface area (Å²) in [4.78, 5) is 0. The third-order valence-electron chi connectivity index (χ3n) is 2.49. The first-order chi connectivity index (χ1) is 9.58. The standard InChI is InChI=1S/C15H24ClNO3/c1-12(2)10-19-7-6-17-9-14(18)11-20-15-5-3-4-13(16)8-15/h3-5,8,12,14,17-18H,6-7,9-11H2,1-2H3. The van der Waals surface area contributed by atoms with E-state index in [0.29, 0.717) is 29.8 Å². The third kappa shape index (κ3) is 8.38. The van der Waals surface area contributed by atoms with Crippen LogP contribution >= 0.6 is 11.6 Å². The van der Waals surface area contributed by atoms with E-state index in [0.717, 1.165) is 13.2 Å². The molecule has 1 aromatic carbocycles. The highest BCUT2D eigenvalue weighted by Gasteiger charge is 2.05. The number of rotatable bonds is 10. The second-order valence-corrected chi connectivity index (χ2v) is 5.53. The second kappa shape index (κ2) is 10.00. The maximum absolute atomic E-state index is 9.76. The number of hydrogen-bond acceptors (Lipinski definition) is 4. The molecule has 0 saturated carbocycles. The summed E-state index contributed by atoms with van der Waals surface area (Å²) >= 11 is 5.85. The fourth-order valence-electron chi connectivity index (χ4n) is 1.54. The van der Waals surface area contributed by atoms with E-state index in [2.05, 4.69) is 19.2 Å². The number of hydrogen-bond donors (Lipinski definition) is 2. The number of aliphatic hydroxyl groups is 1. The van der Waals surface area contributed by atoms with Crippen molar-refractivity contribution in [3.63, 3.8) is 0 Å². The molecule has 0 aliphatic rings. The van der Waals surface area contributed by atoms with E-state index in [-0.39, 0.29) is 6.61 Å². The Hall–Kier alpha value is -0.810. The molecule has 4 nitrogen and oxygen atoms in total. The summed E-state index contributed by atoms with van der Waals surface area (Å²) in [6.07, 6.45) is -0.556. The van der Waals surface area contributed by atoms with E-state index in [1.165, 1.54) is 0 Å². The maximum atomic E-state index is 9.76. The molecule has 0 saturated heterocycles. The normalized spacial score (nSPS) is 12.7. The van der Waals surface area contributed by atoms with Crippen LogP contribution in [0.25, 0.3) is 0 Å². The zero-order valence-electron chi connectivity index (χ0n) is 12.1. The van der Waals surface area contributed by atoms with Crippen molar-refractivity contribution in [1.29, 1.82) is 0 Å². The van der Waals surface area contributed by atoms with Crippen LogP contribution < -0.4 is 10.1 Å². The molecule has 0 aliphatic heterocycles. The van der Waals surface area contributed by atoms with E-state index in [4.69, 9.17) is 21.1 Å². The van der Waals surface area contributed by atoms with Gasteiger partial charge in [-0.15, -0.1) is 0 Å². The van der Waals surface area contributed by atoms with Crippen molar-refractivity contribution < 1.29 is 14.6 Å². The molecule has 0 amide bonds. The van der Waals surface area contributed by atoms with Gasteiger partial charge >= 0.3 is 0 Å². The van der Waals surface area contributed by atoms with Crippen LogP contribution in [0.3, 0.4) is 0 Å². The SMILES string of the molecule is CC(C)COCCNCC(O)COc1cccc(Cl)c1. The Labute approximate surface area is 126 Å². The van der Waals surface area contributed by atoms with Crippen molar-refractivity contribution in [2.45, 2.75) is 20.0 Å². The number of nitrogens with one attached hydrogen (secondary N) is 1. The summed E-state index contributed by atoms with van der Waals surface area (Å²) in [5.41, 5.74) is 0. The molecule has 20 heavy (non-hydrogen) atoms. The molecule has 0 spiro atoms. The molecule has 2 N–H and O–H groups in total. The zero-order chi connectivity index (χ0) is 14.8. The van der Waals surface area contributed by atoms with Crippen molar-refractivity contribution in [2.75, 3.05) is 32.9 Å². The van der Waals surface area contributed by atoms with E-state index in [1.54, 1.807) is 12.1 Å². The Balaban J connectivity index is 2.04. The van der Waals surface area contributed by atoms with Gasteiger partial charge in [0.15, 0.2) is 0 Å². The average molecular weight is 302 g/mol. The van der Waals surface area contributed by atoms with Crippen LogP contribution in [0.5, 0.6) is 5.75 Å². The van der Waals surface area contributed by atoms with Crippen molar-refractivity contribution in [2.24, 2.45) is 5.92 Å². The number of halogens is 1. The van der Waals surface area contributed by atoms with E-state index in [9.17, 15) is 5.11 Å². The predicted molar refractivity (Wildman–Crippen MR) is 81.5 cm³/mol. The van der Waals surface area contributed by atoms with Crippen LogP contribution in [0.1, 0.15) is 13.8 Å². The molecular formula is C15H24ClNO3. The first kappa shape index (κ1) is 17.2. The lowest BCUT2D eigenvalue weighted by atomic mass is 10.2. The van der Waals surface area contributed by atoms with Crippen LogP contribution in [-0.4, -0.2) is 44.1 Å². The largest absolute Gasteiger partial charge is 0.491 e. The Kier molecular flexibility index (Phi) is 8.62. The number of ether oxygens (including phenoxy) is 2. The number of benzene rings is 1. The third-order valence-corrected chi connectivity index (χ3v) is 2.73. The minimum Gasteiger partial charge on any atom is -0.491 e. The Bertz CT molecular complexity index is 374. The summed E-state index contributed by atoms with van der Waals surface area (Å²) in [7, 11) is 0. The van der Waals surface area contributed by atoms with Gasteiger partial charge in [-0.3, -0.25) is 0 Å². The van der Waals surface area contributed by atoms with Gasteiger partial charge in [0.05, 0.1) is 6.61 Å². The molecule has 114 valence electrons. The Morgan fingerprint density at radius 2 is 2.10 bits per heavy atom. The quantitative estimate of drug-likeness (QED) is 0.651. The summed E-state index contributed by atoms with van der Waals surface area (Å²) < 4.78 is 10.9. The molecule has 0 radical (unpaired) electrons. The lowest BCUT2D eigenvalue weighted by Crippen LogP contribution is -2.33. The molecule has 0 heterocycles. The van der Waals surface area contributed by atoms with Gasteiger partial charge in [0.25, 0.3) is 0 Å². The topological polar surface area (TPSA) is 50.7 Å². The van der Waals surface area contributed by atoms with Gasteiger partial charge in [0.1, 0.15) is 18.5 Å². The van der Waals surface area contributed by atoms with Crippen molar-refractivity contribution in [3.05, 3.63) is 29.3 Å². The molecule has 0 bridgehead atoms. The molecule has 5 heteroatoms. The van der Waals surface area contributed by atoms with Gasteiger partial charge in [-0.05, 0) is 24.1 Å². The molecule has 1 rings (SSSR count). The van der Waals surface area contributed by atoms with Crippen LogP contribution in [0, 0.1) is 5.92 Å². The first-order valence-corrected chi connectivity index (χ1v) is 7.30. The minimum atomic E-state index is -0.556. The smallest absolute Gasteiger partial charge is 0.120 e. The fraction of sp³-hybridized carbons (Fsp3) is 0.600. The molecule has 1 aromatic rings. The summed E-state index contributed by atoms with van der Waals surface area (Å²) in [6.45, 7) is 7.09. The van der Waals surface area contributed by atoms with E-state index >= 15 is 0 Å². The number of aliphatic hydroxyl groups excluding tert-OH is 1. The van der Waals surface area contributed by atoms with Gasteiger partial charge in [-0.1, -0.05) is 31.5 Å². The average Bonchev–Trinajstić information content (AvgIpc) is 2.40. The highest BCUT2D eigenvalue weighted by Crippen LogP contribution is 2.17. The van der Waals surface area contributed by atoms with E-state index < -0.39 is 6.10 Å². The van der Waals surface area contributed by atoms with Gasteiger partial charge in [-0.25, -0.2) is 0 Å². The molecule has 1 unspecified atom stereocenters. The summed E-state index contributed by atoms with van der Waals surface area (Å²) in [5, 5.41) is 13.5. The lowest BCUT2D eigenvalue weighted by Gasteiger charge is -2.13. The van der Waals surface area contributed by atoms with E-state index in [1.807, 2.05) is 12.1 Å². The second-order valence-electron chi connectivity index (χ2n) is 5.10. The molecule has 0 aromatic heterocycles. The van der Waals surface area contributed by atoms with Crippen LogP contribution in [0.15, 0.2) is 24.3 Å². The maximum Gasteiger partial charge on any atom is 0.120 e. The monoisotopic (exact) mass is 301 g/mol. The van der Waals surface area contributed by atoms with Gasteiger partial charge in [-0.2, -0.15) is 0 Å². The van der Waals surface area contributed by atoms with Crippen LogP contribution in [0.2, 0.25) is 5.02 Å². The summed E-state index contributed by atoms with van der Waals surface area (Å²) in [5.74, 6) is 1.21. The summed E-state index contributed by atoms with van der Waals surface area (Å²) in [6, 6.07) is 7.13. The molecular weight excluding hydrogens is 278 g/mol. The highest BCUT2D eigenvalue weighted by molar-refractivity contribution is 6.30. The minimum absolute atomic E-state index is 0.236. The Morgan fingerprint density at radius 1 is 1.30 bits per heavy atom. The van der Waals surface area contributed by atoms with Crippen molar-refractivity contribution >= 4 is 11.6 Å². The lowest BCUT2D eigenvalue weighted by molar-refractivity contribution is 0.0925. The first-order valence-electron chi connectivity index (χ1n) is 6.93. The van der Waals surface area contributed by atoms with Crippen molar-refractivity contribution in [1.82, 2.24) is 5.32 Å². The van der Waals surface area contributed by atoms with Gasteiger partial charge < -0.3 is 19.9 Å².